The Bertz CT molecular complexity index is 863. The lowest BCUT2D eigenvalue weighted by Gasteiger charge is -2.35. The molecule has 0 amide bonds. The first-order valence-electron chi connectivity index (χ1n) is 9.77. The van der Waals surface area contributed by atoms with E-state index in [2.05, 4.69) is 43.3 Å². The second-order valence-electron chi connectivity index (χ2n) is 7.88. The van der Waals surface area contributed by atoms with E-state index in [1.165, 1.54) is 11.1 Å². The second-order valence-corrected chi connectivity index (χ2v) is 7.88. The van der Waals surface area contributed by atoms with Gasteiger partial charge in [-0.25, -0.2) is 4.79 Å². The molecule has 156 valence electrons. The summed E-state index contributed by atoms with van der Waals surface area (Å²) in [6.45, 7) is 1.06. The molecule has 5 heteroatoms. The van der Waals surface area contributed by atoms with Gasteiger partial charge in [-0.05, 0) is 80.6 Å². The number of allylic oxidation sites excluding steroid dienone is 1. The molecule has 3 rings (SSSR count). The fourth-order valence-corrected chi connectivity index (χ4v) is 4.20. The molecule has 1 saturated carbocycles. The minimum atomic E-state index is -0.885. The molecule has 0 aliphatic heterocycles. The van der Waals surface area contributed by atoms with E-state index in [4.69, 9.17) is 4.74 Å². The van der Waals surface area contributed by atoms with Crippen LogP contribution in [0.2, 0.25) is 0 Å². The molecular formula is C24H30ClNO3. The Balaban J connectivity index is 0.00000300. The summed E-state index contributed by atoms with van der Waals surface area (Å²) >= 11 is 0. The fourth-order valence-electron chi connectivity index (χ4n) is 4.20. The molecule has 1 fully saturated rings. The zero-order chi connectivity index (χ0) is 20.1. The average molecular weight is 416 g/mol. The molecular weight excluding hydrogens is 386 g/mol. The van der Waals surface area contributed by atoms with Crippen molar-refractivity contribution in [3.63, 3.8) is 0 Å². The van der Waals surface area contributed by atoms with Crippen LogP contribution in [0.1, 0.15) is 46.7 Å². The van der Waals surface area contributed by atoms with E-state index >= 15 is 0 Å². The number of carbonyl (C=O) groups is 1. The zero-order valence-electron chi connectivity index (χ0n) is 17.3. The molecule has 0 spiro atoms. The molecule has 1 aliphatic rings. The second kappa shape index (κ2) is 10.5. The molecule has 0 bridgehead atoms. The van der Waals surface area contributed by atoms with E-state index in [0.29, 0.717) is 17.4 Å². The smallest absolute Gasteiger partial charge is 0.335 e. The number of halogens is 1. The minimum absolute atomic E-state index is 0. The molecule has 2 atom stereocenters. The van der Waals surface area contributed by atoms with Crippen LogP contribution in [-0.2, 0) is 0 Å². The number of hydrogen-bond acceptors (Lipinski definition) is 3. The molecule has 29 heavy (non-hydrogen) atoms. The number of methoxy groups -OCH3 is 1. The van der Waals surface area contributed by atoms with Gasteiger partial charge in [0.05, 0.1) is 12.7 Å². The highest BCUT2D eigenvalue weighted by atomic mass is 35.5. The average Bonchev–Trinajstić information content (AvgIpc) is 2.69. The summed E-state index contributed by atoms with van der Waals surface area (Å²) in [5.74, 6) is 1.03. The van der Waals surface area contributed by atoms with Gasteiger partial charge in [0, 0.05) is 6.54 Å². The van der Waals surface area contributed by atoms with Crippen molar-refractivity contribution in [1.29, 1.82) is 0 Å². The predicted molar refractivity (Wildman–Crippen MR) is 120 cm³/mol. The van der Waals surface area contributed by atoms with Crippen molar-refractivity contribution in [3.8, 4) is 5.75 Å². The third-order valence-corrected chi connectivity index (χ3v) is 5.51. The van der Waals surface area contributed by atoms with Gasteiger partial charge in [-0.2, -0.15) is 0 Å². The van der Waals surface area contributed by atoms with Gasteiger partial charge in [0.1, 0.15) is 5.75 Å². The lowest BCUT2D eigenvalue weighted by Crippen LogP contribution is -2.29. The van der Waals surface area contributed by atoms with Gasteiger partial charge in [0.25, 0.3) is 0 Å². The van der Waals surface area contributed by atoms with Gasteiger partial charge in [0.2, 0.25) is 0 Å². The number of nitrogens with zero attached hydrogens (tertiary/aromatic N) is 1. The zero-order valence-corrected chi connectivity index (χ0v) is 18.1. The largest absolute Gasteiger partial charge is 0.497 e. The van der Waals surface area contributed by atoms with Crippen molar-refractivity contribution in [2.75, 3.05) is 27.7 Å². The third kappa shape index (κ3) is 6.09. The highest BCUT2D eigenvalue weighted by Gasteiger charge is 2.29. The van der Waals surface area contributed by atoms with E-state index in [-0.39, 0.29) is 12.4 Å². The predicted octanol–water partition coefficient (Wildman–Crippen LogP) is 5.34. The molecule has 0 radical (unpaired) electrons. The number of ether oxygens (including phenoxy) is 1. The Morgan fingerprint density at radius 3 is 2.66 bits per heavy atom. The van der Waals surface area contributed by atoms with Gasteiger partial charge in [0.15, 0.2) is 0 Å². The van der Waals surface area contributed by atoms with E-state index in [0.717, 1.165) is 37.1 Å². The van der Waals surface area contributed by atoms with Crippen molar-refractivity contribution < 1.29 is 14.6 Å². The maximum Gasteiger partial charge on any atom is 0.335 e. The monoisotopic (exact) mass is 415 g/mol. The quantitative estimate of drug-likeness (QED) is 0.691. The Hall–Kier alpha value is -2.30. The summed E-state index contributed by atoms with van der Waals surface area (Å²) in [6, 6.07) is 15.6. The van der Waals surface area contributed by atoms with Crippen LogP contribution < -0.4 is 4.74 Å². The van der Waals surface area contributed by atoms with Gasteiger partial charge in [-0.15, -0.1) is 12.4 Å². The van der Waals surface area contributed by atoms with Crippen LogP contribution in [0.25, 0.3) is 6.08 Å². The van der Waals surface area contributed by atoms with Gasteiger partial charge in [-0.3, -0.25) is 0 Å². The van der Waals surface area contributed by atoms with Crippen molar-refractivity contribution >= 4 is 24.5 Å². The lowest BCUT2D eigenvalue weighted by atomic mass is 9.73. The van der Waals surface area contributed by atoms with Gasteiger partial charge in [-0.1, -0.05) is 35.9 Å². The number of hydrogen-bond donors (Lipinski definition) is 1. The summed E-state index contributed by atoms with van der Waals surface area (Å²) in [7, 11) is 5.97. The number of carboxylic acids is 1. The first-order chi connectivity index (χ1) is 13.5. The maximum atomic E-state index is 11.3. The van der Waals surface area contributed by atoms with E-state index in [1.807, 2.05) is 18.2 Å². The lowest BCUT2D eigenvalue weighted by molar-refractivity contribution is 0.0697. The number of benzene rings is 2. The van der Waals surface area contributed by atoms with E-state index in [9.17, 15) is 9.90 Å². The molecule has 2 aromatic rings. The number of aromatic carboxylic acids is 1. The van der Waals surface area contributed by atoms with Crippen LogP contribution in [0.3, 0.4) is 0 Å². The molecule has 1 aliphatic carbocycles. The molecule has 4 nitrogen and oxygen atoms in total. The van der Waals surface area contributed by atoms with Crippen molar-refractivity contribution in [2.45, 2.75) is 25.2 Å². The third-order valence-electron chi connectivity index (χ3n) is 5.51. The Morgan fingerprint density at radius 1 is 1.21 bits per heavy atom. The van der Waals surface area contributed by atoms with Crippen LogP contribution in [-0.4, -0.2) is 43.7 Å². The molecule has 0 heterocycles. The molecule has 1 N–H and O–H groups in total. The number of rotatable bonds is 6. The Kier molecular flexibility index (Phi) is 8.30. The molecule has 0 unspecified atom stereocenters. The van der Waals surface area contributed by atoms with Crippen LogP contribution in [0.4, 0.5) is 0 Å². The summed E-state index contributed by atoms with van der Waals surface area (Å²) in [5.41, 5.74) is 3.99. The molecule has 0 aromatic heterocycles. The highest BCUT2D eigenvalue weighted by molar-refractivity contribution is 5.88. The van der Waals surface area contributed by atoms with E-state index < -0.39 is 5.97 Å². The maximum absolute atomic E-state index is 11.3. The van der Waals surface area contributed by atoms with Gasteiger partial charge >= 0.3 is 5.97 Å². The number of carboxylic acid groups (broad SMARTS) is 1. The van der Waals surface area contributed by atoms with Crippen LogP contribution in [0.5, 0.6) is 5.75 Å². The highest BCUT2D eigenvalue weighted by Crippen LogP contribution is 2.42. The normalized spacial score (nSPS) is 20.3. The minimum Gasteiger partial charge on any atom is -0.497 e. The topological polar surface area (TPSA) is 49.8 Å². The summed E-state index contributed by atoms with van der Waals surface area (Å²) in [4.78, 5) is 13.5. The van der Waals surface area contributed by atoms with Crippen molar-refractivity contribution in [3.05, 3.63) is 70.8 Å². The first-order valence-corrected chi connectivity index (χ1v) is 9.77. The van der Waals surface area contributed by atoms with Gasteiger partial charge < -0.3 is 14.7 Å². The SMILES string of the molecule is COc1cccc([C@@H]2C/C(=C\c3cccc(C(=O)O)c3)CC[C@@H]2CN(C)C)c1.Cl. The standard InChI is InChI=1S/C24H29NO3.ClH/c1-25(2)16-21-11-10-18(12-17-6-4-8-20(13-17)24(26)27)14-23(21)19-7-5-9-22(15-19)28-3;/h4-9,12-13,15,21,23H,10-11,14,16H2,1-3H3,(H,26,27);1H/b18-12-;/t21-,23+;/m1./s1. The van der Waals surface area contributed by atoms with Crippen molar-refractivity contribution in [1.82, 2.24) is 4.90 Å². The Labute approximate surface area is 179 Å². The fraction of sp³-hybridized carbons (Fsp3) is 0.375. The van der Waals surface area contributed by atoms with Crippen LogP contribution >= 0.6 is 12.4 Å². The first kappa shape index (κ1) is 23.0. The molecule has 2 aromatic carbocycles. The summed E-state index contributed by atoms with van der Waals surface area (Å²) in [6.07, 6.45) is 5.34. The summed E-state index contributed by atoms with van der Waals surface area (Å²) in [5, 5.41) is 9.24. The van der Waals surface area contributed by atoms with Crippen LogP contribution in [0, 0.1) is 5.92 Å². The molecule has 0 saturated heterocycles. The summed E-state index contributed by atoms with van der Waals surface area (Å²) < 4.78 is 5.44. The van der Waals surface area contributed by atoms with Crippen LogP contribution in [0.15, 0.2) is 54.1 Å². The van der Waals surface area contributed by atoms with Crippen molar-refractivity contribution in [2.24, 2.45) is 5.92 Å². The van der Waals surface area contributed by atoms with E-state index in [1.54, 1.807) is 19.2 Å². The Morgan fingerprint density at radius 2 is 1.97 bits per heavy atom.